The van der Waals surface area contributed by atoms with Crippen molar-refractivity contribution in [2.75, 3.05) is 12.9 Å². The summed E-state index contributed by atoms with van der Waals surface area (Å²) < 4.78 is 46.3. The molecule has 0 aliphatic heterocycles. The highest BCUT2D eigenvalue weighted by Crippen LogP contribution is 2.45. The first kappa shape index (κ1) is 18.2. The summed E-state index contributed by atoms with van der Waals surface area (Å²) in [5, 5.41) is 2.76. The van der Waals surface area contributed by atoms with Crippen LogP contribution in [0, 0.1) is 6.92 Å². The molecule has 0 saturated heterocycles. The van der Waals surface area contributed by atoms with Gasteiger partial charge in [0.1, 0.15) is 5.75 Å². The largest absolute Gasteiger partial charge is 0.458 e. The zero-order chi connectivity index (χ0) is 16.3. The van der Waals surface area contributed by atoms with Crippen molar-refractivity contribution in [3.63, 3.8) is 0 Å². The third kappa shape index (κ3) is 5.43. The summed E-state index contributed by atoms with van der Waals surface area (Å²) in [5.74, 6) is 0.296. The molecule has 0 radical (unpaired) electrons. The van der Waals surface area contributed by atoms with Crippen molar-refractivity contribution in [1.82, 2.24) is 5.09 Å². The molecule has 0 bridgehead atoms. The maximum Gasteiger partial charge on any atom is 0.458 e. The normalized spacial score (nSPS) is 15.0. The molecule has 0 saturated carbocycles. The topological polar surface area (TPSA) is 81.7 Å². The van der Waals surface area contributed by atoms with Gasteiger partial charge in [-0.1, -0.05) is 0 Å². The molecule has 0 aliphatic carbocycles. The van der Waals surface area contributed by atoms with Crippen molar-refractivity contribution < 1.29 is 22.0 Å². The van der Waals surface area contributed by atoms with Crippen LogP contribution in [0.3, 0.4) is 0 Å². The Kier molecular flexibility index (Phi) is 5.99. The molecule has 0 fully saturated rings. The summed E-state index contributed by atoms with van der Waals surface area (Å²) in [7, 11) is -6.77. The predicted molar refractivity (Wildman–Crippen MR) is 82.4 cm³/mol. The van der Waals surface area contributed by atoms with Crippen LogP contribution in [0.4, 0.5) is 0 Å². The molecule has 8 heteroatoms. The van der Waals surface area contributed by atoms with Gasteiger partial charge in [0.25, 0.3) is 0 Å². The number of hydrogen-bond acceptors (Lipinski definition) is 5. The Morgan fingerprint density at radius 1 is 1.33 bits per heavy atom. The minimum atomic E-state index is -3.47. The van der Waals surface area contributed by atoms with Crippen LogP contribution in [-0.4, -0.2) is 27.3 Å². The molecule has 1 aromatic rings. The zero-order valence-corrected chi connectivity index (χ0v) is 14.6. The number of hydrogen-bond donors (Lipinski definition) is 1. The van der Waals surface area contributed by atoms with E-state index in [1.165, 1.54) is 18.2 Å². The van der Waals surface area contributed by atoms with Crippen LogP contribution in [0.2, 0.25) is 0 Å². The summed E-state index contributed by atoms with van der Waals surface area (Å²) in [6, 6.07) is 4.35. The SMILES string of the molecule is CCO[P@@](=O)(NC(C)C)Oc1ccc(S(C)(=O)=O)c(C)c1. The van der Waals surface area contributed by atoms with Gasteiger partial charge in [0, 0.05) is 12.3 Å². The molecule has 0 aromatic heterocycles. The number of benzene rings is 1. The first-order valence-corrected chi connectivity index (χ1v) is 10.0. The van der Waals surface area contributed by atoms with E-state index in [9.17, 15) is 13.0 Å². The van der Waals surface area contributed by atoms with Gasteiger partial charge in [0.2, 0.25) is 0 Å². The van der Waals surface area contributed by atoms with Gasteiger partial charge in [-0.15, -0.1) is 0 Å². The van der Waals surface area contributed by atoms with Crippen molar-refractivity contribution in [3.05, 3.63) is 23.8 Å². The fourth-order valence-electron chi connectivity index (χ4n) is 1.81. The Bertz CT molecular complexity index is 642. The van der Waals surface area contributed by atoms with E-state index in [0.29, 0.717) is 11.3 Å². The molecule has 0 amide bonds. The minimum absolute atomic E-state index is 0.0845. The Balaban J connectivity index is 3.06. The molecule has 0 heterocycles. The molecule has 1 atom stereocenters. The van der Waals surface area contributed by atoms with E-state index in [4.69, 9.17) is 9.05 Å². The summed E-state index contributed by atoms with van der Waals surface area (Å²) in [6.45, 7) is 7.26. The third-order valence-corrected chi connectivity index (χ3v) is 5.63. The Labute approximate surface area is 126 Å². The van der Waals surface area contributed by atoms with Gasteiger partial charge < -0.3 is 4.52 Å². The fraction of sp³-hybridized carbons (Fsp3) is 0.538. The lowest BCUT2D eigenvalue weighted by atomic mass is 10.2. The molecule has 1 N–H and O–H groups in total. The van der Waals surface area contributed by atoms with E-state index in [0.717, 1.165) is 6.26 Å². The molecule has 6 nitrogen and oxygen atoms in total. The van der Waals surface area contributed by atoms with E-state index in [1.807, 2.05) is 13.8 Å². The minimum Gasteiger partial charge on any atom is -0.413 e. The van der Waals surface area contributed by atoms with Gasteiger partial charge in [-0.25, -0.2) is 18.1 Å². The highest BCUT2D eigenvalue weighted by Gasteiger charge is 2.27. The lowest BCUT2D eigenvalue weighted by molar-refractivity contribution is 0.265. The Hall–Kier alpha value is -0.880. The van der Waals surface area contributed by atoms with Gasteiger partial charge in [0.15, 0.2) is 9.84 Å². The second-order valence-electron chi connectivity index (χ2n) is 4.99. The van der Waals surface area contributed by atoms with E-state index in [-0.39, 0.29) is 17.5 Å². The lowest BCUT2D eigenvalue weighted by Gasteiger charge is -2.21. The molecule has 21 heavy (non-hydrogen) atoms. The van der Waals surface area contributed by atoms with Crippen LogP contribution < -0.4 is 9.61 Å². The van der Waals surface area contributed by atoms with Crippen LogP contribution in [0.25, 0.3) is 0 Å². The van der Waals surface area contributed by atoms with Crippen LogP contribution in [0.15, 0.2) is 23.1 Å². The smallest absolute Gasteiger partial charge is 0.413 e. The van der Waals surface area contributed by atoms with Crippen molar-refractivity contribution in [1.29, 1.82) is 0 Å². The van der Waals surface area contributed by atoms with E-state index >= 15 is 0 Å². The summed E-state index contributed by atoms with van der Waals surface area (Å²) in [6.07, 6.45) is 1.14. The highest BCUT2D eigenvalue weighted by atomic mass is 32.2. The van der Waals surface area contributed by atoms with Crippen molar-refractivity contribution in [2.45, 2.75) is 38.6 Å². The molecule has 0 aliphatic rings. The molecular formula is C13H22NO5PS. The molecular weight excluding hydrogens is 313 g/mol. The molecule has 0 spiro atoms. The molecule has 1 rings (SSSR count). The van der Waals surface area contributed by atoms with Crippen LogP contribution in [0.5, 0.6) is 5.75 Å². The lowest BCUT2D eigenvalue weighted by Crippen LogP contribution is -2.23. The van der Waals surface area contributed by atoms with Gasteiger partial charge in [0.05, 0.1) is 11.5 Å². The summed E-state index contributed by atoms with van der Waals surface area (Å²) >= 11 is 0. The first-order valence-electron chi connectivity index (χ1n) is 6.60. The number of sulfone groups is 1. The van der Waals surface area contributed by atoms with E-state index in [2.05, 4.69) is 5.09 Å². The van der Waals surface area contributed by atoms with Crippen LogP contribution in [0.1, 0.15) is 26.3 Å². The third-order valence-electron chi connectivity index (χ3n) is 2.49. The van der Waals surface area contributed by atoms with Crippen molar-refractivity contribution >= 4 is 17.6 Å². The van der Waals surface area contributed by atoms with Gasteiger partial charge in [-0.3, -0.25) is 4.52 Å². The highest BCUT2D eigenvalue weighted by molar-refractivity contribution is 7.90. The zero-order valence-electron chi connectivity index (χ0n) is 12.9. The monoisotopic (exact) mass is 335 g/mol. The van der Waals surface area contributed by atoms with Crippen molar-refractivity contribution in [3.8, 4) is 5.75 Å². The summed E-state index contributed by atoms with van der Waals surface area (Å²) in [5.41, 5.74) is 0.530. The van der Waals surface area contributed by atoms with Gasteiger partial charge in [-0.05, 0) is 51.5 Å². The van der Waals surface area contributed by atoms with Gasteiger partial charge >= 0.3 is 7.75 Å². The Morgan fingerprint density at radius 2 is 1.95 bits per heavy atom. The molecule has 120 valence electrons. The number of rotatable bonds is 7. The van der Waals surface area contributed by atoms with Crippen LogP contribution >= 0.6 is 7.75 Å². The number of nitrogens with one attached hydrogen (secondary N) is 1. The number of aryl methyl sites for hydroxylation is 1. The standard InChI is InChI=1S/C13H22NO5PS/c1-6-18-20(15,14-10(2)3)19-12-7-8-13(11(4)9-12)21(5,16)17/h7-10H,6H2,1-5H3,(H,14,15)/t20-/m0/s1. The van der Waals surface area contributed by atoms with Crippen molar-refractivity contribution in [2.24, 2.45) is 0 Å². The molecule has 0 unspecified atom stereocenters. The van der Waals surface area contributed by atoms with E-state index in [1.54, 1.807) is 13.8 Å². The predicted octanol–water partition coefficient (Wildman–Crippen LogP) is 2.92. The average molecular weight is 335 g/mol. The molecule has 1 aromatic carbocycles. The first-order chi connectivity index (χ1) is 9.57. The maximum absolute atomic E-state index is 12.5. The van der Waals surface area contributed by atoms with Gasteiger partial charge in [-0.2, -0.15) is 0 Å². The quantitative estimate of drug-likeness (QED) is 0.772. The second-order valence-corrected chi connectivity index (χ2v) is 8.67. The van der Waals surface area contributed by atoms with E-state index < -0.39 is 17.6 Å². The fourth-order valence-corrected chi connectivity index (χ4v) is 4.31. The maximum atomic E-state index is 12.5. The average Bonchev–Trinajstić information content (AvgIpc) is 2.25. The summed E-state index contributed by atoms with van der Waals surface area (Å²) in [4.78, 5) is 0.220. The second kappa shape index (κ2) is 6.92. The van der Waals surface area contributed by atoms with Crippen LogP contribution in [-0.2, 0) is 18.9 Å². The Morgan fingerprint density at radius 3 is 2.38 bits per heavy atom.